The molecular formula is C14H17NO3. The number of benzene rings is 1. The lowest BCUT2D eigenvalue weighted by Gasteiger charge is -2.21. The average Bonchev–Trinajstić information content (AvgIpc) is 2.87. The maximum Gasteiger partial charge on any atom is 0.326 e. The lowest BCUT2D eigenvalue weighted by molar-refractivity contribution is -0.141. The highest BCUT2D eigenvalue weighted by Crippen LogP contribution is 2.20. The molecule has 0 radical (unpaired) electrons. The second kappa shape index (κ2) is 5.21. The summed E-state index contributed by atoms with van der Waals surface area (Å²) in [7, 11) is 0. The number of carboxylic acid groups (broad SMARTS) is 1. The number of carbonyl (C=O) groups is 2. The lowest BCUT2D eigenvalue weighted by Crippen LogP contribution is -2.40. The van der Waals surface area contributed by atoms with E-state index in [1.807, 2.05) is 12.1 Å². The molecule has 1 N–H and O–H groups in total. The predicted molar refractivity (Wildman–Crippen MR) is 67.5 cm³/mol. The number of carboxylic acids is 1. The van der Waals surface area contributed by atoms with Crippen LogP contribution in [0, 0.1) is 0 Å². The van der Waals surface area contributed by atoms with Crippen molar-refractivity contribution in [1.29, 1.82) is 0 Å². The van der Waals surface area contributed by atoms with Crippen LogP contribution >= 0.6 is 0 Å². The molecule has 0 aromatic heterocycles. The SMILES string of the molecule is CCc1ccc(C(=O)N2CCC[C@@H]2C(=O)O)cc1. The summed E-state index contributed by atoms with van der Waals surface area (Å²) in [4.78, 5) is 24.7. The van der Waals surface area contributed by atoms with Gasteiger partial charge in [-0.2, -0.15) is 0 Å². The van der Waals surface area contributed by atoms with Crippen LogP contribution in [0.1, 0.15) is 35.7 Å². The molecule has 1 aliphatic heterocycles. The van der Waals surface area contributed by atoms with Gasteiger partial charge in [0.1, 0.15) is 6.04 Å². The van der Waals surface area contributed by atoms with Crippen molar-refractivity contribution in [2.45, 2.75) is 32.2 Å². The summed E-state index contributed by atoms with van der Waals surface area (Å²) in [6.45, 7) is 2.59. The van der Waals surface area contributed by atoms with E-state index >= 15 is 0 Å². The Morgan fingerprint density at radius 3 is 2.56 bits per heavy atom. The van der Waals surface area contributed by atoms with Crippen LogP contribution < -0.4 is 0 Å². The van der Waals surface area contributed by atoms with E-state index in [0.29, 0.717) is 18.5 Å². The Morgan fingerprint density at radius 2 is 2.00 bits per heavy atom. The van der Waals surface area contributed by atoms with E-state index < -0.39 is 12.0 Å². The first-order valence-corrected chi connectivity index (χ1v) is 6.26. The van der Waals surface area contributed by atoms with Crippen LogP contribution in [-0.4, -0.2) is 34.5 Å². The minimum Gasteiger partial charge on any atom is -0.480 e. The normalized spacial score (nSPS) is 18.9. The van der Waals surface area contributed by atoms with Gasteiger partial charge in [-0.3, -0.25) is 4.79 Å². The monoisotopic (exact) mass is 247 g/mol. The second-order valence-electron chi connectivity index (χ2n) is 4.55. The molecule has 0 aliphatic carbocycles. The van der Waals surface area contributed by atoms with E-state index in [9.17, 15) is 9.59 Å². The zero-order valence-corrected chi connectivity index (χ0v) is 10.4. The van der Waals surface area contributed by atoms with E-state index in [4.69, 9.17) is 5.11 Å². The first kappa shape index (κ1) is 12.6. The van der Waals surface area contributed by atoms with E-state index in [1.54, 1.807) is 12.1 Å². The molecule has 0 bridgehead atoms. The standard InChI is InChI=1S/C14H17NO3/c1-2-10-5-7-11(8-6-10)13(16)15-9-3-4-12(15)14(17)18/h5-8,12H,2-4,9H2,1H3,(H,17,18)/t12-/m1/s1. The minimum absolute atomic E-state index is 0.178. The number of aliphatic carboxylic acids is 1. The molecule has 0 spiro atoms. The third kappa shape index (κ3) is 2.37. The number of nitrogens with zero attached hydrogens (tertiary/aromatic N) is 1. The first-order chi connectivity index (χ1) is 8.63. The number of likely N-dealkylation sites (tertiary alicyclic amines) is 1. The van der Waals surface area contributed by atoms with Gasteiger partial charge in [0.25, 0.3) is 5.91 Å². The summed E-state index contributed by atoms with van der Waals surface area (Å²) >= 11 is 0. The summed E-state index contributed by atoms with van der Waals surface area (Å²) in [5.74, 6) is -1.09. The fourth-order valence-corrected chi connectivity index (χ4v) is 2.32. The number of aryl methyl sites for hydroxylation is 1. The average molecular weight is 247 g/mol. The highest BCUT2D eigenvalue weighted by Gasteiger charge is 2.34. The van der Waals surface area contributed by atoms with Crippen LogP contribution in [0.15, 0.2) is 24.3 Å². The van der Waals surface area contributed by atoms with E-state index in [-0.39, 0.29) is 5.91 Å². The van der Waals surface area contributed by atoms with Crippen LogP contribution in [0.25, 0.3) is 0 Å². The van der Waals surface area contributed by atoms with Crippen molar-refractivity contribution in [3.05, 3.63) is 35.4 Å². The van der Waals surface area contributed by atoms with Crippen LogP contribution in [0.3, 0.4) is 0 Å². The Morgan fingerprint density at radius 1 is 1.33 bits per heavy atom. The molecule has 0 saturated carbocycles. The molecule has 1 aliphatic rings. The van der Waals surface area contributed by atoms with E-state index in [2.05, 4.69) is 6.92 Å². The quantitative estimate of drug-likeness (QED) is 0.888. The van der Waals surface area contributed by atoms with Gasteiger partial charge in [-0.15, -0.1) is 0 Å². The van der Waals surface area contributed by atoms with E-state index in [1.165, 1.54) is 10.5 Å². The van der Waals surface area contributed by atoms with E-state index in [0.717, 1.165) is 12.8 Å². The number of hydrogen-bond donors (Lipinski definition) is 1. The Kier molecular flexibility index (Phi) is 3.65. The Bertz CT molecular complexity index is 453. The van der Waals surface area contributed by atoms with Gasteiger partial charge in [0, 0.05) is 12.1 Å². The van der Waals surface area contributed by atoms with Crippen molar-refractivity contribution in [1.82, 2.24) is 4.90 Å². The van der Waals surface area contributed by atoms with Crippen molar-refractivity contribution in [3.63, 3.8) is 0 Å². The maximum absolute atomic E-state index is 12.2. The summed E-state index contributed by atoms with van der Waals surface area (Å²) in [5, 5.41) is 9.07. The number of hydrogen-bond acceptors (Lipinski definition) is 2. The van der Waals surface area contributed by atoms with Gasteiger partial charge in [-0.1, -0.05) is 19.1 Å². The summed E-state index contributed by atoms with van der Waals surface area (Å²) < 4.78 is 0. The van der Waals surface area contributed by atoms with Gasteiger partial charge in [0.2, 0.25) is 0 Å². The molecule has 1 fully saturated rings. The Balaban J connectivity index is 2.17. The molecule has 18 heavy (non-hydrogen) atoms. The van der Waals surface area contributed by atoms with Crippen molar-refractivity contribution in [2.75, 3.05) is 6.54 Å². The van der Waals surface area contributed by atoms with Crippen molar-refractivity contribution >= 4 is 11.9 Å². The molecule has 1 aromatic rings. The van der Waals surface area contributed by atoms with Gasteiger partial charge in [-0.05, 0) is 37.0 Å². The van der Waals surface area contributed by atoms with Crippen LogP contribution in [0.4, 0.5) is 0 Å². The zero-order valence-electron chi connectivity index (χ0n) is 10.4. The summed E-state index contributed by atoms with van der Waals surface area (Å²) in [5.41, 5.74) is 1.74. The van der Waals surface area contributed by atoms with Crippen molar-refractivity contribution < 1.29 is 14.7 Å². The predicted octanol–water partition coefficient (Wildman–Crippen LogP) is 1.94. The zero-order chi connectivity index (χ0) is 13.1. The third-order valence-corrected chi connectivity index (χ3v) is 3.41. The largest absolute Gasteiger partial charge is 0.480 e. The maximum atomic E-state index is 12.2. The summed E-state index contributed by atoms with van der Waals surface area (Å²) in [6.07, 6.45) is 2.24. The van der Waals surface area contributed by atoms with Crippen LogP contribution in [-0.2, 0) is 11.2 Å². The van der Waals surface area contributed by atoms with Gasteiger partial charge in [0.05, 0.1) is 0 Å². The fraction of sp³-hybridized carbons (Fsp3) is 0.429. The Hall–Kier alpha value is -1.84. The smallest absolute Gasteiger partial charge is 0.326 e. The molecule has 1 saturated heterocycles. The lowest BCUT2D eigenvalue weighted by atomic mass is 10.1. The molecule has 4 nitrogen and oxygen atoms in total. The highest BCUT2D eigenvalue weighted by molar-refractivity contribution is 5.97. The molecule has 96 valence electrons. The van der Waals surface area contributed by atoms with Gasteiger partial charge in [-0.25, -0.2) is 4.79 Å². The molecule has 1 atom stereocenters. The number of amides is 1. The van der Waals surface area contributed by atoms with Crippen LogP contribution in [0.2, 0.25) is 0 Å². The summed E-state index contributed by atoms with van der Waals surface area (Å²) in [6, 6.07) is 6.72. The van der Waals surface area contributed by atoms with Crippen LogP contribution in [0.5, 0.6) is 0 Å². The van der Waals surface area contributed by atoms with Gasteiger partial charge in [0.15, 0.2) is 0 Å². The number of carbonyl (C=O) groups excluding carboxylic acids is 1. The molecule has 0 unspecified atom stereocenters. The molecule has 1 amide bonds. The minimum atomic E-state index is -0.911. The second-order valence-corrected chi connectivity index (χ2v) is 4.55. The molecule has 2 rings (SSSR count). The molecular weight excluding hydrogens is 230 g/mol. The van der Waals surface area contributed by atoms with Crippen molar-refractivity contribution in [2.24, 2.45) is 0 Å². The number of rotatable bonds is 3. The highest BCUT2D eigenvalue weighted by atomic mass is 16.4. The van der Waals surface area contributed by atoms with Gasteiger partial charge < -0.3 is 10.0 Å². The molecule has 1 aromatic carbocycles. The van der Waals surface area contributed by atoms with Gasteiger partial charge >= 0.3 is 5.97 Å². The van der Waals surface area contributed by atoms with Crippen molar-refractivity contribution in [3.8, 4) is 0 Å². The topological polar surface area (TPSA) is 57.6 Å². The Labute approximate surface area is 106 Å². The fourth-order valence-electron chi connectivity index (χ4n) is 2.32. The third-order valence-electron chi connectivity index (χ3n) is 3.41. The first-order valence-electron chi connectivity index (χ1n) is 6.26. The molecule has 1 heterocycles. The molecule has 4 heteroatoms.